The van der Waals surface area contributed by atoms with Gasteiger partial charge in [-0.25, -0.2) is 0 Å². The Labute approximate surface area is 105 Å². The van der Waals surface area contributed by atoms with Crippen LogP contribution in [0.3, 0.4) is 0 Å². The smallest absolute Gasteiger partial charge is 0.261 e. The molecular weight excluding hydrogens is 236 g/mol. The molecule has 0 unspecified atom stereocenters. The molecule has 4 N–H and O–H groups in total. The Balaban J connectivity index is 3.21. The number of nitrogens with two attached hydrogens (primary N) is 2. The number of carbonyl (C=O) groups excluding carboxylic acids is 1. The lowest BCUT2D eigenvalue weighted by Crippen LogP contribution is -2.22. The molecule has 1 heterocycles. The first kappa shape index (κ1) is 13.3. The Kier molecular flexibility index (Phi) is 3.97. The average molecular weight is 252 g/mol. The molecule has 1 amide bonds. The van der Waals surface area contributed by atoms with Crippen LogP contribution in [0.4, 0.5) is 10.7 Å². The maximum absolute atomic E-state index is 11.2. The van der Waals surface area contributed by atoms with Gasteiger partial charge in [0.05, 0.1) is 5.69 Å². The fraction of sp³-hybridized carbons (Fsp3) is 0.455. The number of nitrogens with zero attached hydrogens (tertiary/aromatic N) is 2. The number of hydrogen-bond donors (Lipinski definition) is 2. The number of anilines is 2. The molecule has 0 aliphatic rings. The zero-order valence-electron chi connectivity index (χ0n) is 10.2. The SMILES string of the molecule is CC(C)CN(C)c1sc(C(N)=O)c(N)c1C#N. The van der Waals surface area contributed by atoms with Crippen molar-refractivity contribution in [1.29, 1.82) is 5.26 Å². The Hall–Kier alpha value is -1.74. The van der Waals surface area contributed by atoms with Gasteiger partial charge in [-0.05, 0) is 5.92 Å². The van der Waals surface area contributed by atoms with Gasteiger partial charge in [-0.15, -0.1) is 11.3 Å². The molecule has 0 spiro atoms. The lowest BCUT2D eigenvalue weighted by molar-refractivity contribution is 0.100. The van der Waals surface area contributed by atoms with Gasteiger partial charge in [0.1, 0.15) is 21.5 Å². The van der Waals surface area contributed by atoms with Gasteiger partial charge in [0.25, 0.3) is 5.91 Å². The van der Waals surface area contributed by atoms with Crippen LogP contribution in [0.25, 0.3) is 0 Å². The molecule has 6 heteroatoms. The van der Waals surface area contributed by atoms with E-state index in [9.17, 15) is 4.79 Å². The maximum atomic E-state index is 11.2. The zero-order valence-corrected chi connectivity index (χ0v) is 11.0. The Morgan fingerprint density at radius 1 is 1.59 bits per heavy atom. The fourth-order valence-corrected chi connectivity index (χ4v) is 2.62. The monoisotopic (exact) mass is 252 g/mol. The summed E-state index contributed by atoms with van der Waals surface area (Å²) in [5.74, 6) is -0.139. The fourth-order valence-electron chi connectivity index (χ4n) is 1.62. The Morgan fingerprint density at radius 2 is 2.18 bits per heavy atom. The number of carbonyl (C=O) groups is 1. The van der Waals surface area contributed by atoms with E-state index in [4.69, 9.17) is 16.7 Å². The first-order valence-electron chi connectivity index (χ1n) is 5.21. The van der Waals surface area contributed by atoms with Gasteiger partial charge in [0, 0.05) is 13.6 Å². The van der Waals surface area contributed by atoms with Crippen molar-refractivity contribution in [2.45, 2.75) is 13.8 Å². The summed E-state index contributed by atoms with van der Waals surface area (Å²) in [6.45, 7) is 4.94. The summed E-state index contributed by atoms with van der Waals surface area (Å²) >= 11 is 1.17. The van der Waals surface area contributed by atoms with E-state index in [2.05, 4.69) is 13.8 Å². The maximum Gasteiger partial charge on any atom is 0.261 e. The molecule has 0 saturated carbocycles. The summed E-state index contributed by atoms with van der Waals surface area (Å²) < 4.78 is 0. The molecule has 0 saturated heterocycles. The largest absolute Gasteiger partial charge is 0.396 e. The molecule has 0 aromatic carbocycles. The summed E-state index contributed by atoms with van der Waals surface area (Å²) in [6, 6.07) is 2.03. The summed E-state index contributed by atoms with van der Waals surface area (Å²) in [6.07, 6.45) is 0. The van der Waals surface area contributed by atoms with Crippen LogP contribution in [0.5, 0.6) is 0 Å². The van der Waals surface area contributed by atoms with E-state index >= 15 is 0 Å². The molecule has 17 heavy (non-hydrogen) atoms. The highest BCUT2D eigenvalue weighted by molar-refractivity contribution is 7.19. The van der Waals surface area contributed by atoms with Crippen LogP contribution in [-0.2, 0) is 0 Å². The van der Waals surface area contributed by atoms with Crippen LogP contribution in [0.15, 0.2) is 0 Å². The minimum Gasteiger partial charge on any atom is -0.396 e. The second-order valence-corrected chi connectivity index (χ2v) is 5.27. The molecule has 0 fully saturated rings. The quantitative estimate of drug-likeness (QED) is 0.846. The van der Waals surface area contributed by atoms with E-state index in [1.54, 1.807) is 0 Å². The highest BCUT2D eigenvalue weighted by Gasteiger charge is 2.21. The number of amides is 1. The van der Waals surface area contributed by atoms with Crippen molar-refractivity contribution < 1.29 is 4.79 Å². The van der Waals surface area contributed by atoms with E-state index in [-0.39, 0.29) is 10.6 Å². The van der Waals surface area contributed by atoms with Gasteiger partial charge in [-0.2, -0.15) is 5.26 Å². The second kappa shape index (κ2) is 5.06. The minimum absolute atomic E-state index is 0.190. The standard InChI is InChI=1S/C11H16N4OS/c1-6(2)5-15(3)11-7(4-12)8(13)9(17-11)10(14)16/h6H,5,13H2,1-3H3,(H2,14,16). The predicted molar refractivity (Wildman–Crippen MR) is 70.1 cm³/mol. The second-order valence-electron chi connectivity index (χ2n) is 4.28. The van der Waals surface area contributed by atoms with Gasteiger partial charge in [-0.3, -0.25) is 4.79 Å². The number of nitriles is 1. The van der Waals surface area contributed by atoms with Crippen LogP contribution in [0, 0.1) is 17.2 Å². The van der Waals surface area contributed by atoms with Crippen molar-refractivity contribution in [2.24, 2.45) is 11.7 Å². The highest BCUT2D eigenvalue weighted by atomic mass is 32.1. The lowest BCUT2D eigenvalue weighted by Gasteiger charge is -2.19. The summed E-state index contributed by atoms with van der Waals surface area (Å²) in [7, 11) is 1.87. The molecule has 92 valence electrons. The van der Waals surface area contributed by atoms with Crippen LogP contribution in [-0.4, -0.2) is 19.5 Å². The molecule has 0 bridgehead atoms. The summed E-state index contributed by atoms with van der Waals surface area (Å²) in [4.78, 5) is 13.4. The molecule has 0 atom stereocenters. The molecule has 1 aromatic rings. The molecule has 1 rings (SSSR count). The number of nitrogen functional groups attached to an aromatic ring is 1. The van der Waals surface area contributed by atoms with Crippen LogP contribution in [0.1, 0.15) is 29.1 Å². The summed E-state index contributed by atoms with van der Waals surface area (Å²) in [5.41, 5.74) is 11.5. The normalized spacial score (nSPS) is 10.3. The van der Waals surface area contributed by atoms with E-state index in [1.165, 1.54) is 11.3 Å². The number of rotatable bonds is 4. The van der Waals surface area contributed by atoms with Crippen molar-refractivity contribution >= 4 is 27.9 Å². The lowest BCUT2D eigenvalue weighted by atomic mass is 10.2. The minimum atomic E-state index is -0.590. The van der Waals surface area contributed by atoms with E-state index in [1.807, 2.05) is 18.0 Å². The molecule has 5 nitrogen and oxygen atoms in total. The van der Waals surface area contributed by atoms with Gasteiger partial charge in [-0.1, -0.05) is 13.8 Å². The van der Waals surface area contributed by atoms with Crippen LogP contribution in [0.2, 0.25) is 0 Å². The first-order valence-corrected chi connectivity index (χ1v) is 6.03. The molecular formula is C11H16N4OS. The van der Waals surface area contributed by atoms with Gasteiger partial charge >= 0.3 is 0 Å². The number of hydrogen-bond acceptors (Lipinski definition) is 5. The van der Waals surface area contributed by atoms with Crippen molar-refractivity contribution in [3.63, 3.8) is 0 Å². The van der Waals surface area contributed by atoms with Gasteiger partial charge < -0.3 is 16.4 Å². The van der Waals surface area contributed by atoms with Gasteiger partial charge in [0.2, 0.25) is 0 Å². The molecule has 0 aliphatic carbocycles. The van der Waals surface area contributed by atoms with E-state index < -0.39 is 5.91 Å². The van der Waals surface area contributed by atoms with Crippen molar-refractivity contribution in [3.05, 3.63) is 10.4 Å². The number of thiophene rings is 1. The van der Waals surface area contributed by atoms with E-state index in [0.717, 1.165) is 6.54 Å². The van der Waals surface area contributed by atoms with Crippen molar-refractivity contribution in [2.75, 3.05) is 24.2 Å². The molecule has 0 aliphatic heterocycles. The Bertz CT molecular complexity index is 473. The highest BCUT2D eigenvalue weighted by Crippen LogP contribution is 2.37. The van der Waals surface area contributed by atoms with Crippen LogP contribution >= 0.6 is 11.3 Å². The zero-order chi connectivity index (χ0) is 13.2. The number of primary amides is 1. The average Bonchev–Trinajstić information content (AvgIpc) is 2.54. The molecule has 1 aromatic heterocycles. The van der Waals surface area contributed by atoms with Crippen LogP contribution < -0.4 is 16.4 Å². The topological polar surface area (TPSA) is 96.1 Å². The van der Waals surface area contributed by atoms with E-state index in [0.29, 0.717) is 16.5 Å². The third-order valence-electron chi connectivity index (χ3n) is 2.25. The third-order valence-corrected chi connectivity index (χ3v) is 3.58. The summed E-state index contributed by atoms with van der Waals surface area (Å²) in [5, 5.41) is 9.78. The van der Waals surface area contributed by atoms with Crippen molar-refractivity contribution in [3.8, 4) is 6.07 Å². The molecule has 0 radical (unpaired) electrons. The third kappa shape index (κ3) is 2.68. The predicted octanol–water partition coefficient (Wildman–Crippen LogP) is 1.39. The van der Waals surface area contributed by atoms with Gasteiger partial charge in [0.15, 0.2) is 0 Å². The first-order chi connectivity index (χ1) is 7.88. The Morgan fingerprint density at radius 3 is 2.59 bits per heavy atom. The van der Waals surface area contributed by atoms with Crippen molar-refractivity contribution in [1.82, 2.24) is 0 Å².